The Morgan fingerprint density at radius 2 is 2.17 bits per heavy atom. The van der Waals surface area contributed by atoms with Gasteiger partial charge in [0.1, 0.15) is 11.3 Å². The zero-order valence-corrected chi connectivity index (χ0v) is 17.3. The molecule has 4 rings (SSSR count). The highest BCUT2D eigenvalue weighted by Crippen LogP contribution is 2.28. The topological polar surface area (TPSA) is 67.6 Å². The Bertz CT molecular complexity index is 1020. The van der Waals surface area contributed by atoms with Gasteiger partial charge in [-0.25, -0.2) is 0 Å². The minimum atomic E-state index is -0.0236. The summed E-state index contributed by atoms with van der Waals surface area (Å²) in [6.07, 6.45) is 1.83. The van der Waals surface area contributed by atoms with Crippen LogP contribution < -0.4 is 10.1 Å². The lowest BCUT2D eigenvalue weighted by molar-refractivity contribution is 0.0611. The highest BCUT2D eigenvalue weighted by Gasteiger charge is 2.33. The maximum absolute atomic E-state index is 13.2. The van der Waals surface area contributed by atoms with Crippen molar-refractivity contribution in [3.8, 4) is 5.75 Å². The van der Waals surface area contributed by atoms with E-state index in [1.54, 1.807) is 18.2 Å². The molecule has 2 heterocycles. The maximum Gasteiger partial charge on any atom is 0.295 e. The Morgan fingerprint density at radius 3 is 3.00 bits per heavy atom. The largest absolute Gasteiger partial charge is 0.493 e. The van der Waals surface area contributed by atoms with Crippen molar-refractivity contribution in [2.45, 2.75) is 38.8 Å². The standard InChI is InChI=1S/C22H24ClN3O3/c1-3-28-19-9-5-4-7-16(19)21(27)26-12-6-8-17(14(26)2)24-22-25-18-13-15(23)10-11-20(18)29-22/h4-5,7,9-11,13-14,17H,3,6,8,12H2,1-2H3,(H,24,25)/t14-,17+/m1/s1. The number of hydrogen-bond donors (Lipinski definition) is 1. The van der Waals surface area contributed by atoms with Gasteiger partial charge in [-0.05, 0) is 57.0 Å². The summed E-state index contributed by atoms with van der Waals surface area (Å²) in [5.74, 6) is 0.607. The summed E-state index contributed by atoms with van der Waals surface area (Å²) in [6.45, 7) is 5.20. The van der Waals surface area contributed by atoms with Crippen LogP contribution in [0.1, 0.15) is 37.0 Å². The number of hydrogen-bond acceptors (Lipinski definition) is 5. The van der Waals surface area contributed by atoms with Gasteiger partial charge in [0, 0.05) is 17.6 Å². The van der Waals surface area contributed by atoms with Crippen molar-refractivity contribution >= 4 is 34.6 Å². The first-order valence-corrected chi connectivity index (χ1v) is 10.3. The molecule has 1 aliphatic rings. The van der Waals surface area contributed by atoms with E-state index in [2.05, 4.69) is 17.2 Å². The predicted molar refractivity (Wildman–Crippen MR) is 114 cm³/mol. The molecule has 2 aromatic carbocycles. The number of amides is 1. The summed E-state index contributed by atoms with van der Waals surface area (Å²) in [4.78, 5) is 19.6. The van der Waals surface area contributed by atoms with Crippen LogP contribution in [0.5, 0.6) is 5.75 Å². The molecule has 0 unspecified atom stereocenters. The number of piperidine rings is 1. The minimum Gasteiger partial charge on any atom is -0.493 e. The van der Waals surface area contributed by atoms with E-state index in [0.29, 0.717) is 46.6 Å². The van der Waals surface area contributed by atoms with Gasteiger partial charge in [-0.1, -0.05) is 23.7 Å². The second-order valence-corrected chi connectivity index (χ2v) is 7.63. The molecule has 1 N–H and O–H groups in total. The van der Waals surface area contributed by atoms with Crippen molar-refractivity contribution in [1.29, 1.82) is 0 Å². The first-order chi connectivity index (χ1) is 14.1. The number of ether oxygens (including phenoxy) is 1. The summed E-state index contributed by atoms with van der Waals surface area (Å²) in [6, 6.07) is 13.2. The van der Waals surface area contributed by atoms with Gasteiger partial charge in [-0.15, -0.1) is 0 Å². The number of rotatable bonds is 5. The molecule has 0 bridgehead atoms. The van der Waals surface area contributed by atoms with Crippen LogP contribution >= 0.6 is 11.6 Å². The molecular formula is C22H24ClN3O3. The van der Waals surface area contributed by atoms with E-state index in [1.807, 2.05) is 36.1 Å². The number of carbonyl (C=O) groups excluding carboxylic acids is 1. The molecular weight excluding hydrogens is 390 g/mol. The second-order valence-electron chi connectivity index (χ2n) is 7.19. The van der Waals surface area contributed by atoms with E-state index in [9.17, 15) is 4.79 Å². The van der Waals surface area contributed by atoms with Gasteiger partial charge < -0.3 is 19.4 Å². The van der Waals surface area contributed by atoms with Crippen LogP contribution in [0.2, 0.25) is 5.02 Å². The molecule has 0 radical (unpaired) electrons. The first kappa shape index (κ1) is 19.6. The number of likely N-dealkylation sites (tertiary alicyclic amines) is 1. The van der Waals surface area contributed by atoms with Crippen molar-refractivity contribution in [2.75, 3.05) is 18.5 Å². The molecule has 1 fully saturated rings. The number of para-hydroxylation sites is 1. The van der Waals surface area contributed by atoms with Gasteiger partial charge >= 0.3 is 0 Å². The number of benzene rings is 2. The van der Waals surface area contributed by atoms with Gasteiger partial charge in [0.2, 0.25) is 0 Å². The normalized spacial score (nSPS) is 19.3. The average Bonchev–Trinajstić information content (AvgIpc) is 3.11. The quantitative estimate of drug-likeness (QED) is 0.638. The zero-order chi connectivity index (χ0) is 20.4. The number of nitrogens with zero attached hydrogens (tertiary/aromatic N) is 2. The summed E-state index contributed by atoms with van der Waals surface area (Å²) in [7, 11) is 0. The fourth-order valence-corrected chi connectivity index (χ4v) is 3.99. The molecule has 1 aliphatic heterocycles. The number of oxazole rings is 1. The molecule has 6 nitrogen and oxygen atoms in total. The molecule has 152 valence electrons. The third-order valence-electron chi connectivity index (χ3n) is 5.32. The fraction of sp³-hybridized carbons (Fsp3) is 0.364. The number of nitrogens with one attached hydrogen (secondary N) is 1. The van der Waals surface area contributed by atoms with Crippen LogP contribution in [-0.2, 0) is 0 Å². The predicted octanol–water partition coefficient (Wildman–Crippen LogP) is 4.99. The maximum atomic E-state index is 13.2. The van der Waals surface area contributed by atoms with Gasteiger partial charge in [0.15, 0.2) is 5.58 Å². The highest BCUT2D eigenvalue weighted by atomic mass is 35.5. The third-order valence-corrected chi connectivity index (χ3v) is 5.56. The Labute approximate surface area is 174 Å². The number of fused-ring (bicyclic) bond motifs is 1. The summed E-state index contributed by atoms with van der Waals surface area (Å²) < 4.78 is 11.5. The lowest BCUT2D eigenvalue weighted by atomic mass is 9.96. The van der Waals surface area contributed by atoms with Crippen molar-refractivity contribution < 1.29 is 13.9 Å². The molecule has 0 spiro atoms. The number of anilines is 1. The molecule has 3 aromatic rings. The Morgan fingerprint density at radius 1 is 1.34 bits per heavy atom. The first-order valence-electron chi connectivity index (χ1n) is 9.92. The number of halogens is 1. The molecule has 29 heavy (non-hydrogen) atoms. The van der Waals surface area contributed by atoms with Crippen LogP contribution in [0.3, 0.4) is 0 Å². The zero-order valence-electron chi connectivity index (χ0n) is 16.5. The average molecular weight is 414 g/mol. The van der Waals surface area contributed by atoms with Gasteiger partial charge in [-0.2, -0.15) is 4.98 Å². The monoisotopic (exact) mass is 413 g/mol. The fourth-order valence-electron chi connectivity index (χ4n) is 3.82. The lowest BCUT2D eigenvalue weighted by Crippen LogP contribution is -2.52. The number of carbonyl (C=O) groups is 1. The van der Waals surface area contributed by atoms with Gasteiger partial charge in [0.05, 0.1) is 18.2 Å². The second kappa shape index (κ2) is 8.33. The van der Waals surface area contributed by atoms with Crippen molar-refractivity contribution in [2.24, 2.45) is 0 Å². The summed E-state index contributed by atoms with van der Waals surface area (Å²) in [5.41, 5.74) is 1.99. The summed E-state index contributed by atoms with van der Waals surface area (Å²) in [5, 5.41) is 3.99. The van der Waals surface area contributed by atoms with Gasteiger partial charge in [-0.3, -0.25) is 4.79 Å². The molecule has 0 aliphatic carbocycles. The van der Waals surface area contributed by atoms with Gasteiger partial charge in [0.25, 0.3) is 11.9 Å². The molecule has 1 saturated heterocycles. The molecule has 1 amide bonds. The van der Waals surface area contributed by atoms with E-state index in [0.717, 1.165) is 12.8 Å². The molecule has 0 saturated carbocycles. The lowest BCUT2D eigenvalue weighted by Gasteiger charge is -2.39. The summed E-state index contributed by atoms with van der Waals surface area (Å²) >= 11 is 6.03. The van der Waals surface area contributed by atoms with E-state index < -0.39 is 0 Å². The van der Waals surface area contributed by atoms with E-state index >= 15 is 0 Å². The minimum absolute atomic E-state index is 0.0163. The van der Waals surface area contributed by atoms with Crippen molar-refractivity contribution in [3.05, 3.63) is 53.1 Å². The van der Waals surface area contributed by atoms with Crippen LogP contribution in [0.15, 0.2) is 46.9 Å². The Hall–Kier alpha value is -2.73. The van der Waals surface area contributed by atoms with E-state index in [-0.39, 0.29) is 18.0 Å². The molecule has 7 heteroatoms. The Kier molecular flexibility index (Phi) is 5.62. The third kappa shape index (κ3) is 4.03. The van der Waals surface area contributed by atoms with Crippen LogP contribution in [0.25, 0.3) is 11.1 Å². The van der Waals surface area contributed by atoms with E-state index in [1.165, 1.54) is 0 Å². The Balaban J connectivity index is 1.52. The van der Waals surface area contributed by atoms with E-state index in [4.69, 9.17) is 20.8 Å². The van der Waals surface area contributed by atoms with Crippen LogP contribution in [-0.4, -0.2) is 41.0 Å². The smallest absolute Gasteiger partial charge is 0.295 e. The number of aromatic nitrogens is 1. The highest BCUT2D eigenvalue weighted by molar-refractivity contribution is 6.31. The SMILES string of the molecule is CCOc1ccccc1C(=O)N1CCC[C@H](Nc2nc3cc(Cl)ccc3o2)[C@H]1C. The van der Waals surface area contributed by atoms with Crippen LogP contribution in [0.4, 0.5) is 6.01 Å². The van der Waals surface area contributed by atoms with Crippen molar-refractivity contribution in [3.63, 3.8) is 0 Å². The molecule has 1 aromatic heterocycles. The van der Waals surface area contributed by atoms with Crippen LogP contribution in [0, 0.1) is 0 Å². The molecule has 2 atom stereocenters. The van der Waals surface area contributed by atoms with Crippen molar-refractivity contribution in [1.82, 2.24) is 9.88 Å².